The minimum atomic E-state index is -1.18. The first kappa shape index (κ1) is 27.7. The molecule has 1 fully saturated rings. The lowest BCUT2D eigenvalue weighted by atomic mass is 10.1. The van der Waals surface area contributed by atoms with Gasteiger partial charge in [-0.1, -0.05) is 30.3 Å². The molecule has 39 heavy (non-hydrogen) atoms. The summed E-state index contributed by atoms with van der Waals surface area (Å²) >= 11 is 0. The Labute approximate surface area is 222 Å². The Kier molecular flexibility index (Phi) is 8.53. The molecule has 0 radical (unpaired) electrons. The van der Waals surface area contributed by atoms with E-state index in [4.69, 9.17) is 24.2 Å². The van der Waals surface area contributed by atoms with Gasteiger partial charge in [0.25, 0.3) is 5.95 Å². The first-order valence-electron chi connectivity index (χ1n) is 12.0. The highest BCUT2D eigenvalue weighted by molar-refractivity contribution is 5.84. The minimum absolute atomic E-state index is 0.0900. The molecule has 0 aliphatic carbocycles. The maximum Gasteiger partial charge on any atom is 0.303 e. The number of imidazole rings is 1. The Morgan fingerprint density at radius 1 is 1.08 bits per heavy atom. The van der Waals surface area contributed by atoms with Crippen molar-refractivity contribution >= 4 is 40.8 Å². The maximum absolute atomic E-state index is 12.0. The van der Waals surface area contributed by atoms with Gasteiger partial charge in [0.15, 0.2) is 35.4 Å². The Hall–Kier alpha value is -4.34. The normalized spacial score (nSPS) is 20.4. The van der Waals surface area contributed by atoms with Crippen molar-refractivity contribution in [2.75, 3.05) is 23.7 Å². The highest BCUT2D eigenvalue weighted by Crippen LogP contribution is 2.37. The van der Waals surface area contributed by atoms with Crippen LogP contribution in [0.25, 0.3) is 11.2 Å². The molecule has 0 saturated carbocycles. The SMILES string of the molecule is CC(=O)OC[C@H]1O[C@@H](n2cnc3c(NCCc4ccccc4)nc(N([O-])[OH2+])nc32)[C@H](OC(C)=O)[C@@H]1OC(C)=O. The third kappa shape index (κ3) is 6.57. The topological polar surface area (TPSA) is 193 Å². The molecule has 208 valence electrons. The number of hydrogen-bond acceptors (Lipinski definition) is 13. The molecule has 0 spiro atoms. The van der Waals surface area contributed by atoms with Gasteiger partial charge in [-0.05, 0) is 12.0 Å². The lowest BCUT2D eigenvalue weighted by Gasteiger charge is -2.24. The van der Waals surface area contributed by atoms with E-state index >= 15 is 0 Å². The number of anilines is 2. The maximum atomic E-state index is 12.0. The number of esters is 3. The zero-order valence-electron chi connectivity index (χ0n) is 21.4. The zero-order valence-corrected chi connectivity index (χ0v) is 21.4. The largest absolute Gasteiger partial charge is 0.691 e. The number of aromatic nitrogens is 4. The average molecular weight is 545 g/mol. The molecule has 3 N–H and O–H groups in total. The Bertz CT molecular complexity index is 1330. The summed E-state index contributed by atoms with van der Waals surface area (Å²) in [6.07, 6.45) is -2.48. The van der Waals surface area contributed by atoms with Gasteiger partial charge in [-0.2, -0.15) is 15.2 Å². The van der Waals surface area contributed by atoms with E-state index in [1.807, 2.05) is 30.3 Å². The molecule has 4 atom stereocenters. The van der Waals surface area contributed by atoms with Crippen molar-refractivity contribution in [1.82, 2.24) is 19.5 Å². The summed E-state index contributed by atoms with van der Waals surface area (Å²) in [5, 5.41) is 22.2. The molecule has 1 aliphatic rings. The number of ether oxygens (including phenoxy) is 4. The number of benzene rings is 1. The first-order valence-corrected chi connectivity index (χ1v) is 12.0. The van der Waals surface area contributed by atoms with Crippen LogP contribution in [0.3, 0.4) is 0 Å². The number of carbonyl (C=O) groups is 3. The van der Waals surface area contributed by atoms with E-state index in [9.17, 15) is 19.6 Å². The van der Waals surface area contributed by atoms with Gasteiger partial charge in [-0.15, -0.1) is 0 Å². The van der Waals surface area contributed by atoms with Crippen LogP contribution in [0.5, 0.6) is 0 Å². The Balaban J connectivity index is 1.70. The number of rotatable bonds is 10. The molecule has 0 unspecified atom stereocenters. The van der Waals surface area contributed by atoms with Crippen molar-refractivity contribution in [1.29, 1.82) is 0 Å². The van der Waals surface area contributed by atoms with Crippen molar-refractivity contribution in [3.05, 3.63) is 47.4 Å². The van der Waals surface area contributed by atoms with Crippen LogP contribution in [0.4, 0.5) is 11.8 Å². The van der Waals surface area contributed by atoms with E-state index in [-0.39, 0.29) is 28.8 Å². The summed E-state index contributed by atoms with van der Waals surface area (Å²) in [6.45, 7) is 3.71. The van der Waals surface area contributed by atoms with Crippen LogP contribution in [0.2, 0.25) is 0 Å². The van der Waals surface area contributed by atoms with E-state index in [1.54, 1.807) is 0 Å². The summed E-state index contributed by atoms with van der Waals surface area (Å²) in [5.74, 6) is -2.21. The molecule has 1 saturated heterocycles. The fourth-order valence-corrected chi connectivity index (χ4v) is 4.19. The van der Waals surface area contributed by atoms with Gasteiger partial charge in [0, 0.05) is 27.3 Å². The van der Waals surface area contributed by atoms with E-state index < -0.39 is 48.4 Å². The van der Waals surface area contributed by atoms with Crippen molar-refractivity contribution in [3.63, 3.8) is 0 Å². The summed E-state index contributed by atoms with van der Waals surface area (Å²) in [7, 11) is 0. The van der Waals surface area contributed by atoms with E-state index in [1.165, 1.54) is 31.7 Å². The number of nitrogens with one attached hydrogen (secondary N) is 1. The van der Waals surface area contributed by atoms with Crippen molar-refractivity contribution < 1.29 is 38.5 Å². The van der Waals surface area contributed by atoms with Gasteiger partial charge in [0.1, 0.15) is 12.7 Å². The number of carbonyl (C=O) groups excluding carboxylic acids is 3. The van der Waals surface area contributed by atoms with Gasteiger partial charge in [-0.25, -0.2) is 4.98 Å². The molecule has 15 heteroatoms. The van der Waals surface area contributed by atoms with Gasteiger partial charge in [0.05, 0.1) is 6.33 Å². The van der Waals surface area contributed by atoms with Crippen LogP contribution in [-0.4, -0.2) is 74.1 Å². The van der Waals surface area contributed by atoms with Crippen LogP contribution in [0.15, 0.2) is 36.7 Å². The molecule has 1 aromatic carbocycles. The molecule has 0 bridgehead atoms. The molecule has 15 nitrogen and oxygen atoms in total. The van der Waals surface area contributed by atoms with Gasteiger partial charge in [-0.3, -0.25) is 19.0 Å². The molecule has 0 amide bonds. The second-order valence-corrected chi connectivity index (χ2v) is 8.67. The molecule has 4 rings (SSSR count). The zero-order chi connectivity index (χ0) is 28.1. The quantitative estimate of drug-likeness (QED) is 0.163. The van der Waals surface area contributed by atoms with Crippen LogP contribution in [0, 0.1) is 5.21 Å². The van der Waals surface area contributed by atoms with Crippen LogP contribution in [0.1, 0.15) is 32.6 Å². The second-order valence-electron chi connectivity index (χ2n) is 8.67. The van der Waals surface area contributed by atoms with Gasteiger partial charge < -0.3 is 34.7 Å². The molecule has 2 aromatic heterocycles. The number of fused-ring (bicyclic) bond motifs is 1. The van der Waals surface area contributed by atoms with Crippen molar-refractivity contribution in [2.24, 2.45) is 0 Å². The van der Waals surface area contributed by atoms with Crippen LogP contribution >= 0.6 is 0 Å². The summed E-state index contributed by atoms with van der Waals surface area (Å²) in [4.78, 5) is 47.9. The smallest absolute Gasteiger partial charge is 0.303 e. The molecule has 3 aromatic rings. The highest BCUT2D eigenvalue weighted by Gasteiger charge is 2.51. The third-order valence-electron chi connectivity index (χ3n) is 5.75. The number of hydrogen-bond donors (Lipinski definition) is 1. The standard InChI is InChI=1S/C24H27N6O9/c1-13(31)36-11-17-19(37-14(2)32)20(38-15(3)33)23(39-17)29-12-26-18-21(27-24(30(34)35)28-22(18)29)25-10-9-16-7-5-4-6-8-16/h4-8,12,17,19-20,23,34H,9-11H2,1-3H3,(H,25,27,28)/q-1/p+1/t17-,19-,20-,23-/m1/s1. The second kappa shape index (κ2) is 12.0. The average Bonchev–Trinajstić information content (AvgIpc) is 3.44. The highest BCUT2D eigenvalue weighted by atomic mass is 16.8. The first-order chi connectivity index (χ1) is 18.6. The van der Waals surface area contributed by atoms with Crippen LogP contribution in [-0.2, 0) is 39.8 Å². The van der Waals surface area contributed by atoms with Crippen molar-refractivity contribution in [2.45, 2.75) is 51.7 Å². The summed E-state index contributed by atoms with van der Waals surface area (Å²) < 4.78 is 23.3. The lowest BCUT2D eigenvalue weighted by molar-refractivity contribution is -0.166. The predicted octanol–water partition coefficient (Wildman–Crippen LogP) is 0.749. The minimum Gasteiger partial charge on any atom is -0.691 e. The third-order valence-corrected chi connectivity index (χ3v) is 5.75. The Morgan fingerprint density at radius 2 is 1.77 bits per heavy atom. The van der Waals surface area contributed by atoms with E-state index in [0.717, 1.165) is 5.56 Å². The van der Waals surface area contributed by atoms with Gasteiger partial charge in [0.2, 0.25) is 0 Å². The summed E-state index contributed by atoms with van der Waals surface area (Å²) in [6, 6.07) is 9.70. The molecule has 3 heterocycles. The van der Waals surface area contributed by atoms with Gasteiger partial charge >= 0.3 is 17.9 Å². The van der Waals surface area contributed by atoms with E-state index in [2.05, 4.69) is 20.3 Å². The molecule has 1 aliphatic heterocycles. The lowest BCUT2D eigenvalue weighted by Crippen LogP contribution is -2.40. The molecular weight excluding hydrogens is 516 g/mol. The molecular formula is C24H28N6O9. The summed E-state index contributed by atoms with van der Waals surface area (Å²) in [5.41, 5.74) is 1.42. The fraction of sp³-hybridized carbons (Fsp3) is 0.417. The Morgan fingerprint density at radius 3 is 2.41 bits per heavy atom. The predicted molar refractivity (Wildman–Crippen MR) is 135 cm³/mol. The van der Waals surface area contributed by atoms with Crippen molar-refractivity contribution in [3.8, 4) is 0 Å². The number of nitrogens with zero attached hydrogens (tertiary/aromatic N) is 5. The van der Waals surface area contributed by atoms with E-state index in [0.29, 0.717) is 13.0 Å². The monoisotopic (exact) mass is 544 g/mol. The van der Waals surface area contributed by atoms with Crippen LogP contribution < -0.4 is 10.5 Å². The fourth-order valence-electron chi connectivity index (χ4n) is 4.19.